The fourth-order valence-corrected chi connectivity index (χ4v) is 0. The van der Waals surface area contributed by atoms with Crippen LogP contribution < -0.4 is 0 Å². The van der Waals surface area contributed by atoms with Crippen molar-refractivity contribution in [2.45, 2.75) is 0 Å². The lowest BCUT2D eigenvalue weighted by molar-refractivity contribution is 0.823. The average molecular weight is 118 g/mol. The van der Waals surface area contributed by atoms with Crippen molar-refractivity contribution < 1.29 is 16.4 Å². The van der Waals surface area contributed by atoms with Gasteiger partial charge in [-0.3, -0.25) is 10.0 Å². The minimum Gasteiger partial charge on any atom is -0.412 e. The lowest BCUT2D eigenvalue weighted by Gasteiger charge is -1.01. The normalized spacial score (nSPS) is 1.00. The van der Waals surface area contributed by atoms with Crippen molar-refractivity contribution in [3.63, 3.8) is 0 Å². The van der Waals surface area contributed by atoms with Crippen LogP contribution in [-0.4, -0.2) is 31.8 Å². The fourth-order valence-electron chi connectivity index (χ4n) is 0. The van der Waals surface area contributed by atoms with Crippen LogP contribution in [0.4, 0.5) is 0 Å². The molecule has 5 heavy (non-hydrogen) atoms. The van der Waals surface area contributed by atoms with E-state index in [0.29, 0.717) is 0 Å². The van der Waals surface area contributed by atoms with E-state index >= 15 is 0 Å². The van der Waals surface area contributed by atoms with Crippen molar-refractivity contribution >= 4 is 25.4 Å². The third-order valence-electron chi connectivity index (χ3n) is 0. The summed E-state index contributed by atoms with van der Waals surface area (Å²) in [4.78, 5) is 0. The van der Waals surface area contributed by atoms with Crippen molar-refractivity contribution in [1.29, 1.82) is 0 Å². The van der Waals surface area contributed by atoms with Crippen LogP contribution in [0, 0.1) is 0 Å². The first-order chi connectivity index (χ1) is 1.00. The molecule has 0 aliphatic rings. The minimum absolute atomic E-state index is 0. The zero-order valence-corrected chi connectivity index (χ0v) is 5.63. The van der Waals surface area contributed by atoms with Crippen LogP contribution in [0.25, 0.3) is 0 Å². The highest BCUT2D eigenvalue weighted by molar-refractivity contribution is 6.80. The summed E-state index contributed by atoms with van der Waals surface area (Å²) in [5.74, 6) is 0. The smallest absolute Gasteiger partial charge is 0.353 e. The molecular formula is H8AlClO3. The molecule has 0 saturated heterocycles. The number of hydrogen-bond donors (Lipinski definition) is 0. The molecular weight excluding hydrogens is 110 g/mol. The van der Waals surface area contributed by atoms with Gasteiger partial charge in [0, 0.05) is 0 Å². The van der Waals surface area contributed by atoms with Gasteiger partial charge in [0.2, 0.25) is 0 Å². The summed E-state index contributed by atoms with van der Waals surface area (Å²) >= 11 is 0.778. The van der Waals surface area contributed by atoms with E-state index in [1.54, 1.807) is 0 Å². The summed E-state index contributed by atoms with van der Waals surface area (Å²) in [6.45, 7) is 0. The van der Waals surface area contributed by atoms with Gasteiger partial charge in [0.05, 0.1) is 0 Å². The molecule has 0 aromatic heterocycles. The van der Waals surface area contributed by atoms with Crippen LogP contribution in [0.5, 0.6) is 0 Å². The summed E-state index contributed by atoms with van der Waals surface area (Å²) in [6.07, 6.45) is 0. The molecule has 0 aromatic carbocycles. The van der Waals surface area contributed by atoms with E-state index in [-0.39, 0.29) is 16.4 Å². The lowest BCUT2D eigenvalue weighted by Crippen LogP contribution is -0.980. The van der Waals surface area contributed by atoms with Crippen LogP contribution in [0.2, 0.25) is 0 Å². The van der Waals surface area contributed by atoms with Crippen molar-refractivity contribution in [2.75, 3.05) is 0 Å². The Bertz CT molecular complexity index is 6.85. The third kappa shape index (κ3) is 69.6. The molecule has 0 aliphatic carbocycles. The van der Waals surface area contributed by atoms with E-state index < -0.39 is 0 Å². The van der Waals surface area contributed by atoms with Gasteiger partial charge in [0.25, 0.3) is 0 Å². The van der Waals surface area contributed by atoms with Gasteiger partial charge >= 0.3 is 15.4 Å². The van der Waals surface area contributed by atoms with E-state index in [2.05, 4.69) is 0 Å². The molecule has 0 aliphatic heterocycles. The summed E-state index contributed by atoms with van der Waals surface area (Å²) in [5.41, 5.74) is 0. The predicted octanol–water partition coefficient (Wildman–Crippen LogP) is -2.70. The zero-order valence-electron chi connectivity index (χ0n) is 2.88. The Kier molecular flexibility index (Phi) is 1140. The number of hydrogen-bond acceptors (Lipinski definition) is 0. The Balaban J connectivity index is -0.00000000167. The van der Waals surface area contributed by atoms with Crippen LogP contribution in [-0.2, 0) is 0 Å². The van der Waals surface area contributed by atoms with Crippen molar-refractivity contribution in [3.8, 4) is 0 Å². The molecule has 3 nitrogen and oxygen atoms in total. The monoisotopic (exact) mass is 118 g/mol. The molecule has 0 atom stereocenters. The molecule has 0 saturated carbocycles. The number of halogens is 1. The van der Waals surface area contributed by atoms with Gasteiger partial charge in [-0.25, -0.2) is 0 Å². The second-order valence-electron chi connectivity index (χ2n) is 0. The molecule has 5 heteroatoms. The second-order valence-corrected chi connectivity index (χ2v) is 0. The molecule has 0 radical (unpaired) electrons. The Labute approximate surface area is 42.5 Å². The standard InChI is InChI=1S/Al.ClH.3H2O.2H/h;1H;3*1H2;;/q+1;;;;;;/p-1. The molecule has 0 amide bonds. The van der Waals surface area contributed by atoms with E-state index in [4.69, 9.17) is 10.0 Å². The van der Waals surface area contributed by atoms with Crippen molar-refractivity contribution in [3.05, 3.63) is 0 Å². The zero-order chi connectivity index (χ0) is 2.00. The fraction of sp³-hybridized carbons (Fsp3) is 0. The first-order valence-corrected chi connectivity index (χ1v) is 3.40. The minimum atomic E-state index is 0. The Hall–Kier alpha value is 0.702. The summed E-state index contributed by atoms with van der Waals surface area (Å²) in [6, 6.07) is 0. The van der Waals surface area contributed by atoms with Gasteiger partial charge in [-0.15, -0.1) is 0 Å². The van der Waals surface area contributed by atoms with Gasteiger partial charge in [-0.2, -0.15) is 0 Å². The van der Waals surface area contributed by atoms with E-state index in [0.717, 1.165) is 15.4 Å². The largest absolute Gasteiger partial charge is 0.412 e. The SMILES string of the molecule is O.O.O.[AlH2][Cl]. The highest BCUT2D eigenvalue weighted by Crippen LogP contribution is 1.29. The van der Waals surface area contributed by atoms with Crippen LogP contribution >= 0.6 is 10.0 Å². The molecule has 36 valence electrons. The molecule has 0 fully saturated rings. The third-order valence-corrected chi connectivity index (χ3v) is 0. The Morgan fingerprint density at radius 1 is 0.800 bits per heavy atom. The van der Waals surface area contributed by atoms with E-state index in [1.165, 1.54) is 0 Å². The second kappa shape index (κ2) is 131. The van der Waals surface area contributed by atoms with Gasteiger partial charge in [0.15, 0.2) is 0 Å². The summed E-state index contributed by atoms with van der Waals surface area (Å²) < 4.78 is 0. The summed E-state index contributed by atoms with van der Waals surface area (Å²) in [5, 5.41) is 0. The lowest BCUT2D eigenvalue weighted by atomic mass is 16.0. The molecule has 0 aromatic rings. The quantitative estimate of drug-likeness (QED) is 0.310. The van der Waals surface area contributed by atoms with Gasteiger partial charge in [-0.05, 0) is 0 Å². The predicted molar refractivity (Wildman–Crippen MR) is 25.2 cm³/mol. The molecule has 0 unspecified atom stereocenters. The van der Waals surface area contributed by atoms with Gasteiger partial charge in [0.1, 0.15) is 0 Å². The maximum atomic E-state index is 4.78. The number of rotatable bonds is 0. The molecule has 0 bridgehead atoms. The molecule has 0 rings (SSSR count). The van der Waals surface area contributed by atoms with Crippen LogP contribution in [0.15, 0.2) is 0 Å². The van der Waals surface area contributed by atoms with Crippen LogP contribution in [0.1, 0.15) is 0 Å². The van der Waals surface area contributed by atoms with Crippen molar-refractivity contribution in [2.24, 2.45) is 0 Å². The van der Waals surface area contributed by atoms with Gasteiger partial charge < -0.3 is 16.4 Å². The average Bonchev–Trinajstić information content (AvgIpc) is 1.00. The maximum Gasteiger partial charge on any atom is 0.353 e. The first-order valence-electron chi connectivity index (χ1n) is 0.378. The Morgan fingerprint density at radius 3 is 0.800 bits per heavy atom. The highest BCUT2D eigenvalue weighted by atomic mass is 35.6. The van der Waals surface area contributed by atoms with E-state index in [1.807, 2.05) is 0 Å². The first kappa shape index (κ1) is 43.5. The molecule has 0 heterocycles. The highest BCUT2D eigenvalue weighted by Gasteiger charge is 1.09. The van der Waals surface area contributed by atoms with Gasteiger partial charge in [-0.1, -0.05) is 0 Å². The van der Waals surface area contributed by atoms with E-state index in [9.17, 15) is 0 Å². The Morgan fingerprint density at radius 2 is 0.800 bits per heavy atom. The summed E-state index contributed by atoms with van der Waals surface area (Å²) in [7, 11) is 4.78. The van der Waals surface area contributed by atoms with Crippen molar-refractivity contribution in [1.82, 2.24) is 0 Å². The molecule has 6 N–H and O–H groups in total. The maximum absolute atomic E-state index is 4.78. The molecule has 0 spiro atoms. The van der Waals surface area contributed by atoms with Crippen LogP contribution in [0.3, 0.4) is 0 Å². The topological polar surface area (TPSA) is 94.5 Å².